The average molecular weight is 313 g/mol. The number of amides is 3. The molecule has 0 aliphatic rings. The van der Waals surface area contributed by atoms with E-state index >= 15 is 0 Å². The Balaban J connectivity index is 1.85. The first-order valence-electron chi connectivity index (χ1n) is 7.68. The fraction of sp³-hybridized carbons (Fsp3) is 0.333. The Morgan fingerprint density at radius 1 is 1.04 bits per heavy atom. The van der Waals surface area contributed by atoms with Gasteiger partial charge in [-0.1, -0.05) is 42.5 Å². The molecule has 0 atom stereocenters. The molecular weight excluding hydrogens is 290 g/mol. The van der Waals surface area contributed by atoms with E-state index in [4.69, 9.17) is 5.73 Å². The number of hydrogen-bond acceptors (Lipinski definition) is 2. The molecule has 3 amide bonds. The topological polar surface area (TPSA) is 84.2 Å². The van der Waals surface area contributed by atoms with Gasteiger partial charge in [-0.05, 0) is 36.6 Å². The number of carbonyl (C=O) groups is 2. The Kier molecular flexibility index (Phi) is 5.21. The lowest BCUT2D eigenvalue weighted by molar-refractivity contribution is -0.125. The van der Waals surface area contributed by atoms with Crippen molar-refractivity contribution < 1.29 is 9.59 Å². The van der Waals surface area contributed by atoms with Crippen LogP contribution in [-0.4, -0.2) is 25.0 Å². The highest BCUT2D eigenvalue weighted by atomic mass is 16.2. The summed E-state index contributed by atoms with van der Waals surface area (Å²) in [7, 11) is 0. The van der Waals surface area contributed by atoms with Crippen LogP contribution in [0.1, 0.15) is 19.4 Å². The highest BCUT2D eigenvalue weighted by molar-refractivity contribution is 5.85. The number of rotatable bonds is 6. The van der Waals surface area contributed by atoms with E-state index in [1.54, 1.807) is 13.8 Å². The van der Waals surface area contributed by atoms with E-state index in [2.05, 4.69) is 34.9 Å². The maximum Gasteiger partial charge on any atom is 0.314 e. The first-order chi connectivity index (χ1) is 10.9. The highest BCUT2D eigenvalue weighted by Crippen LogP contribution is 2.18. The minimum absolute atomic E-state index is 0.211. The molecule has 0 aromatic heterocycles. The predicted octanol–water partition coefficient (Wildman–Crippen LogP) is 2.19. The Bertz CT molecular complexity index is 705. The molecule has 4 N–H and O–H groups in total. The summed E-state index contributed by atoms with van der Waals surface area (Å²) in [5.74, 6) is -0.437. The van der Waals surface area contributed by atoms with E-state index in [-0.39, 0.29) is 12.6 Å². The molecule has 0 radical (unpaired) electrons. The van der Waals surface area contributed by atoms with Crippen LogP contribution < -0.4 is 16.4 Å². The molecule has 0 aliphatic heterocycles. The van der Waals surface area contributed by atoms with Crippen LogP contribution in [0.15, 0.2) is 42.5 Å². The lowest BCUT2D eigenvalue weighted by atomic mass is 9.93. The van der Waals surface area contributed by atoms with Gasteiger partial charge in [0.25, 0.3) is 0 Å². The molecule has 5 nitrogen and oxygen atoms in total. The van der Waals surface area contributed by atoms with Gasteiger partial charge in [0.15, 0.2) is 0 Å². The molecule has 0 spiro atoms. The van der Waals surface area contributed by atoms with Gasteiger partial charge in [-0.25, -0.2) is 4.79 Å². The number of carbonyl (C=O) groups excluding carboxylic acids is 2. The van der Waals surface area contributed by atoms with Crippen molar-refractivity contribution in [2.75, 3.05) is 13.1 Å². The average Bonchev–Trinajstić information content (AvgIpc) is 2.53. The lowest BCUT2D eigenvalue weighted by Gasteiger charge is -2.20. The van der Waals surface area contributed by atoms with Crippen molar-refractivity contribution in [3.05, 3.63) is 48.0 Å². The van der Waals surface area contributed by atoms with Crippen LogP contribution in [-0.2, 0) is 11.2 Å². The molecule has 0 saturated carbocycles. The largest absolute Gasteiger partial charge is 0.369 e. The monoisotopic (exact) mass is 313 g/mol. The molecule has 0 unspecified atom stereocenters. The van der Waals surface area contributed by atoms with Gasteiger partial charge in [-0.2, -0.15) is 0 Å². The summed E-state index contributed by atoms with van der Waals surface area (Å²) in [6.07, 6.45) is 0.744. The van der Waals surface area contributed by atoms with Gasteiger partial charge < -0.3 is 16.4 Å². The van der Waals surface area contributed by atoms with Crippen LogP contribution in [0.25, 0.3) is 10.8 Å². The molecule has 0 heterocycles. The van der Waals surface area contributed by atoms with Crippen LogP contribution in [0.2, 0.25) is 0 Å². The number of benzene rings is 2. The van der Waals surface area contributed by atoms with E-state index in [0.717, 1.165) is 6.42 Å². The summed E-state index contributed by atoms with van der Waals surface area (Å²) in [6.45, 7) is 4.14. The third kappa shape index (κ3) is 4.45. The van der Waals surface area contributed by atoms with Gasteiger partial charge in [-0.15, -0.1) is 0 Å². The number of nitrogens with one attached hydrogen (secondary N) is 2. The number of primary amides is 1. The van der Waals surface area contributed by atoms with Crippen molar-refractivity contribution in [3.8, 4) is 0 Å². The van der Waals surface area contributed by atoms with Gasteiger partial charge in [-0.3, -0.25) is 4.79 Å². The summed E-state index contributed by atoms with van der Waals surface area (Å²) in [5.41, 5.74) is 5.71. The second kappa shape index (κ2) is 7.13. The lowest BCUT2D eigenvalue weighted by Crippen LogP contribution is -2.46. The smallest absolute Gasteiger partial charge is 0.314 e. The molecule has 0 fully saturated rings. The molecule has 5 heteroatoms. The van der Waals surface area contributed by atoms with E-state index in [1.807, 2.05) is 18.2 Å². The van der Waals surface area contributed by atoms with Crippen LogP contribution >= 0.6 is 0 Å². The molecule has 23 heavy (non-hydrogen) atoms. The van der Waals surface area contributed by atoms with Crippen molar-refractivity contribution in [2.24, 2.45) is 11.1 Å². The standard InChI is InChI=1S/C18H23N3O2/c1-18(2,16(19)22)12-21-17(23)20-11-10-14-8-5-7-13-6-3-4-9-15(13)14/h3-9H,10-12H2,1-2H3,(H2,19,22)(H2,20,21,23). The molecule has 0 bridgehead atoms. The van der Waals surface area contributed by atoms with Crippen molar-refractivity contribution in [2.45, 2.75) is 20.3 Å². The second-order valence-electron chi connectivity index (χ2n) is 6.25. The second-order valence-corrected chi connectivity index (χ2v) is 6.25. The van der Waals surface area contributed by atoms with Crippen molar-refractivity contribution in [1.82, 2.24) is 10.6 Å². The maximum atomic E-state index is 11.8. The fourth-order valence-corrected chi connectivity index (χ4v) is 2.27. The number of urea groups is 1. The normalized spacial score (nSPS) is 11.2. The predicted molar refractivity (Wildman–Crippen MR) is 92.0 cm³/mol. The number of fused-ring (bicyclic) bond motifs is 1. The van der Waals surface area contributed by atoms with Crippen LogP contribution in [0.5, 0.6) is 0 Å². The highest BCUT2D eigenvalue weighted by Gasteiger charge is 2.25. The van der Waals surface area contributed by atoms with Gasteiger partial charge in [0.05, 0.1) is 5.41 Å². The SMILES string of the molecule is CC(C)(CNC(=O)NCCc1cccc2ccccc12)C(N)=O. The number of nitrogens with two attached hydrogens (primary N) is 1. The van der Waals surface area contributed by atoms with Crippen molar-refractivity contribution >= 4 is 22.7 Å². The zero-order valence-corrected chi connectivity index (χ0v) is 13.6. The Labute approximate surface area is 136 Å². The zero-order valence-electron chi connectivity index (χ0n) is 13.6. The zero-order chi connectivity index (χ0) is 16.9. The Morgan fingerprint density at radius 2 is 1.74 bits per heavy atom. The molecule has 2 aromatic carbocycles. The van der Waals surface area contributed by atoms with Gasteiger partial charge in [0.2, 0.25) is 5.91 Å². The molecule has 0 saturated heterocycles. The molecular formula is C18H23N3O2. The molecule has 122 valence electrons. The van der Waals surface area contributed by atoms with E-state index in [1.165, 1.54) is 16.3 Å². The van der Waals surface area contributed by atoms with Crippen LogP contribution in [0, 0.1) is 5.41 Å². The first-order valence-corrected chi connectivity index (χ1v) is 7.68. The molecule has 2 rings (SSSR count). The summed E-state index contributed by atoms with van der Waals surface area (Å²) in [6, 6.07) is 14.1. The Hall–Kier alpha value is -2.56. The first kappa shape index (κ1) is 16.8. The van der Waals surface area contributed by atoms with Crippen LogP contribution in [0.4, 0.5) is 4.79 Å². The summed E-state index contributed by atoms with van der Waals surface area (Å²) in [5, 5.41) is 7.88. The summed E-state index contributed by atoms with van der Waals surface area (Å²) in [4.78, 5) is 23.0. The third-order valence-electron chi connectivity index (χ3n) is 3.92. The molecule has 0 aliphatic carbocycles. The number of hydrogen-bond donors (Lipinski definition) is 3. The minimum atomic E-state index is -0.757. The van der Waals surface area contributed by atoms with Crippen molar-refractivity contribution in [1.29, 1.82) is 0 Å². The minimum Gasteiger partial charge on any atom is -0.369 e. The molecule has 2 aromatic rings. The summed E-state index contributed by atoms with van der Waals surface area (Å²) < 4.78 is 0. The summed E-state index contributed by atoms with van der Waals surface area (Å²) >= 11 is 0. The third-order valence-corrected chi connectivity index (χ3v) is 3.92. The van der Waals surface area contributed by atoms with E-state index in [9.17, 15) is 9.59 Å². The Morgan fingerprint density at radius 3 is 2.48 bits per heavy atom. The quantitative estimate of drug-likeness (QED) is 0.764. The van der Waals surface area contributed by atoms with Crippen LogP contribution in [0.3, 0.4) is 0 Å². The van der Waals surface area contributed by atoms with E-state index in [0.29, 0.717) is 6.54 Å². The van der Waals surface area contributed by atoms with Gasteiger partial charge in [0, 0.05) is 13.1 Å². The van der Waals surface area contributed by atoms with E-state index < -0.39 is 11.3 Å². The maximum absolute atomic E-state index is 11.8. The van der Waals surface area contributed by atoms with Crippen molar-refractivity contribution in [3.63, 3.8) is 0 Å². The van der Waals surface area contributed by atoms with Gasteiger partial charge >= 0.3 is 6.03 Å². The fourth-order valence-electron chi connectivity index (χ4n) is 2.27. The van der Waals surface area contributed by atoms with Gasteiger partial charge in [0.1, 0.15) is 0 Å².